The number of nitrogens with zero attached hydrogens (tertiary/aromatic N) is 2. The van der Waals surface area contributed by atoms with Gasteiger partial charge in [0.15, 0.2) is 5.78 Å². The van der Waals surface area contributed by atoms with Crippen LogP contribution >= 0.6 is 0 Å². The van der Waals surface area contributed by atoms with Crippen LogP contribution in [0.25, 0.3) is 0 Å². The molecular formula is C31H21N3O5. The van der Waals surface area contributed by atoms with E-state index in [1.165, 1.54) is 43.4 Å². The van der Waals surface area contributed by atoms with E-state index in [0.717, 1.165) is 27.5 Å². The summed E-state index contributed by atoms with van der Waals surface area (Å²) >= 11 is 0. The van der Waals surface area contributed by atoms with Crippen molar-refractivity contribution >= 4 is 35.1 Å². The van der Waals surface area contributed by atoms with Crippen LogP contribution in [-0.4, -0.2) is 41.5 Å². The molecule has 2 aliphatic rings. The maximum absolute atomic E-state index is 13.3. The van der Waals surface area contributed by atoms with E-state index in [1.807, 2.05) is 42.5 Å². The van der Waals surface area contributed by atoms with Crippen molar-refractivity contribution in [2.45, 2.75) is 6.42 Å². The fourth-order valence-corrected chi connectivity index (χ4v) is 4.96. The first-order valence-corrected chi connectivity index (χ1v) is 12.3. The molecule has 190 valence electrons. The van der Waals surface area contributed by atoms with Crippen LogP contribution in [0.5, 0.6) is 0 Å². The molecular weight excluding hydrogens is 494 g/mol. The molecule has 0 saturated heterocycles. The molecule has 0 radical (unpaired) electrons. The Bertz CT molecular complexity index is 1710. The van der Waals surface area contributed by atoms with E-state index in [0.29, 0.717) is 5.69 Å². The van der Waals surface area contributed by atoms with Gasteiger partial charge in [-0.15, -0.1) is 0 Å². The lowest BCUT2D eigenvalue weighted by atomic mass is 9.96. The SMILES string of the molecule is CNN1C(=O)c2ccc(C(=O)c3ccc4c(c3)C(=O)N(c3ccc(Cc5ccccc5)cc3)C4=O)cc2C1=O. The Kier molecular flexibility index (Phi) is 5.74. The second-order valence-electron chi connectivity index (χ2n) is 9.29. The first-order chi connectivity index (χ1) is 18.9. The predicted molar refractivity (Wildman–Crippen MR) is 143 cm³/mol. The lowest BCUT2D eigenvalue weighted by Crippen LogP contribution is -2.39. The molecule has 6 rings (SSSR count). The van der Waals surface area contributed by atoms with Crippen molar-refractivity contribution in [1.82, 2.24) is 10.4 Å². The summed E-state index contributed by atoms with van der Waals surface area (Å²) in [6.45, 7) is 0. The molecule has 4 aromatic carbocycles. The van der Waals surface area contributed by atoms with Crippen LogP contribution in [0.15, 0.2) is 91.0 Å². The minimum Gasteiger partial charge on any atom is -0.289 e. The number of hydrogen-bond acceptors (Lipinski definition) is 6. The maximum Gasteiger partial charge on any atom is 0.276 e. The zero-order chi connectivity index (χ0) is 27.3. The standard InChI is InChI=1S/C31H21N3O5/c1-32-34-30(38)24-14-10-21(17-26(24)31(34)39)27(35)20-9-13-23-25(16-20)29(37)33(28(23)36)22-11-7-19(8-12-22)15-18-5-3-2-4-6-18/h2-14,16-17,32H,15H2,1H3. The summed E-state index contributed by atoms with van der Waals surface area (Å²) in [4.78, 5) is 65.6. The minimum atomic E-state index is -0.549. The van der Waals surface area contributed by atoms with Gasteiger partial charge >= 0.3 is 0 Å². The summed E-state index contributed by atoms with van der Waals surface area (Å²) in [5.41, 5.74) is 6.23. The average Bonchev–Trinajstić information content (AvgIpc) is 3.36. The van der Waals surface area contributed by atoms with Gasteiger partial charge < -0.3 is 0 Å². The zero-order valence-corrected chi connectivity index (χ0v) is 20.8. The fourth-order valence-electron chi connectivity index (χ4n) is 4.96. The fraction of sp³-hybridized carbons (Fsp3) is 0.0645. The van der Waals surface area contributed by atoms with Gasteiger partial charge in [0, 0.05) is 18.2 Å². The van der Waals surface area contributed by atoms with E-state index >= 15 is 0 Å². The van der Waals surface area contributed by atoms with Crippen molar-refractivity contribution < 1.29 is 24.0 Å². The topological polar surface area (TPSA) is 104 Å². The van der Waals surface area contributed by atoms with Crippen molar-refractivity contribution in [3.63, 3.8) is 0 Å². The highest BCUT2D eigenvalue weighted by Gasteiger charge is 2.38. The summed E-state index contributed by atoms with van der Waals surface area (Å²) in [6.07, 6.45) is 0.726. The highest BCUT2D eigenvalue weighted by molar-refractivity contribution is 6.35. The third-order valence-corrected chi connectivity index (χ3v) is 6.97. The number of carbonyl (C=O) groups excluding carboxylic acids is 5. The summed E-state index contributed by atoms with van der Waals surface area (Å²) in [5.74, 6) is -2.45. The van der Waals surface area contributed by atoms with Crippen LogP contribution in [0, 0.1) is 0 Å². The van der Waals surface area contributed by atoms with Crippen LogP contribution in [0.4, 0.5) is 5.69 Å². The molecule has 0 fully saturated rings. The third-order valence-electron chi connectivity index (χ3n) is 6.97. The minimum absolute atomic E-state index is 0.120. The van der Waals surface area contributed by atoms with E-state index in [1.54, 1.807) is 12.1 Å². The van der Waals surface area contributed by atoms with Crippen LogP contribution < -0.4 is 10.3 Å². The number of nitrogens with one attached hydrogen (secondary N) is 1. The monoisotopic (exact) mass is 515 g/mol. The number of carbonyl (C=O) groups is 5. The second-order valence-corrected chi connectivity index (χ2v) is 9.29. The highest BCUT2D eigenvalue weighted by atomic mass is 16.2. The molecule has 0 bridgehead atoms. The number of amides is 4. The zero-order valence-electron chi connectivity index (χ0n) is 20.8. The molecule has 8 nitrogen and oxygen atoms in total. The van der Waals surface area contributed by atoms with E-state index in [4.69, 9.17) is 0 Å². The number of fused-ring (bicyclic) bond motifs is 2. The number of anilines is 1. The number of rotatable bonds is 6. The van der Waals surface area contributed by atoms with Gasteiger partial charge in [-0.25, -0.2) is 15.3 Å². The molecule has 39 heavy (non-hydrogen) atoms. The van der Waals surface area contributed by atoms with Gasteiger partial charge in [0.2, 0.25) is 0 Å². The van der Waals surface area contributed by atoms with Gasteiger partial charge in [-0.1, -0.05) is 54.6 Å². The van der Waals surface area contributed by atoms with Gasteiger partial charge in [0.1, 0.15) is 0 Å². The lowest BCUT2D eigenvalue weighted by Gasteiger charge is -2.14. The van der Waals surface area contributed by atoms with Gasteiger partial charge in [0.05, 0.1) is 27.9 Å². The van der Waals surface area contributed by atoms with Crippen molar-refractivity contribution in [2.75, 3.05) is 11.9 Å². The molecule has 0 unspecified atom stereocenters. The normalized spacial score (nSPS) is 14.2. The smallest absolute Gasteiger partial charge is 0.276 e. The largest absolute Gasteiger partial charge is 0.289 e. The number of hydrogen-bond donors (Lipinski definition) is 1. The number of benzene rings is 4. The molecule has 2 aliphatic heterocycles. The first-order valence-electron chi connectivity index (χ1n) is 12.3. The number of hydrazine groups is 1. The summed E-state index contributed by atoms with van der Waals surface area (Å²) in [5, 5.41) is 0.876. The number of imide groups is 2. The van der Waals surface area contributed by atoms with Crippen LogP contribution in [0.2, 0.25) is 0 Å². The quantitative estimate of drug-likeness (QED) is 0.307. The van der Waals surface area contributed by atoms with Gasteiger partial charge in [-0.05, 0) is 53.9 Å². The maximum atomic E-state index is 13.3. The van der Waals surface area contributed by atoms with Gasteiger partial charge in [-0.2, -0.15) is 0 Å². The molecule has 4 amide bonds. The molecule has 0 atom stereocenters. The van der Waals surface area contributed by atoms with Crippen molar-refractivity contribution in [3.05, 3.63) is 136 Å². The Hall–Kier alpha value is -5.21. The third kappa shape index (κ3) is 3.94. The molecule has 0 saturated carbocycles. The van der Waals surface area contributed by atoms with E-state index in [-0.39, 0.29) is 33.4 Å². The average molecular weight is 516 g/mol. The first kappa shape index (κ1) is 24.1. The van der Waals surface area contributed by atoms with Crippen LogP contribution in [0.3, 0.4) is 0 Å². The number of ketones is 1. The molecule has 4 aromatic rings. The van der Waals surface area contributed by atoms with Crippen LogP contribution in [0.1, 0.15) is 68.5 Å². The summed E-state index contributed by atoms with van der Waals surface area (Å²) in [7, 11) is 1.46. The van der Waals surface area contributed by atoms with Crippen molar-refractivity contribution in [1.29, 1.82) is 0 Å². The summed E-state index contributed by atoms with van der Waals surface area (Å²) in [6, 6.07) is 25.9. The van der Waals surface area contributed by atoms with E-state index in [2.05, 4.69) is 5.43 Å². The van der Waals surface area contributed by atoms with Crippen LogP contribution in [-0.2, 0) is 6.42 Å². The Morgan fingerprint density at radius 1 is 0.615 bits per heavy atom. The molecule has 2 heterocycles. The highest BCUT2D eigenvalue weighted by Crippen LogP contribution is 2.31. The Labute approximate surface area is 223 Å². The van der Waals surface area contributed by atoms with E-state index < -0.39 is 29.4 Å². The van der Waals surface area contributed by atoms with Crippen molar-refractivity contribution in [2.24, 2.45) is 0 Å². The molecule has 1 N–H and O–H groups in total. The molecule has 8 heteroatoms. The lowest BCUT2D eigenvalue weighted by molar-refractivity contribution is 0.0585. The van der Waals surface area contributed by atoms with Gasteiger partial charge in [-0.3, -0.25) is 24.0 Å². The Balaban J connectivity index is 1.25. The van der Waals surface area contributed by atoms with Gasteiger partial charge in [0.25, 0.3) is 23.6 Å². The van der Waals surface area contributed by atoms with Crippen molar-refractivity contribution in [3.8, 4) is 0 Å². The second kappa shape index (κ2) is 9.27. The molecule has 0 aliphatic carbocycles. The molecule has 0 aromatic heterocycles. The summed E-state index contributed by atoms with van der Waals surface area (Å²) < 4.78 is 0. The predicted octanol–water partition coefficient (Wildman–Crippen LogP) is 4.04. The molecule has 0 spiro atoms. The Morgan fingerprint density at radius 2 is 1.13 bits per heavy atom. The Morgan fingerprint density at radius 3 is 1.74 bits per heavy atom. The van der Waals surface area contributed by atoms with E-state index in [9.17, 15) is 24.0 Å².